The average Bonchev–Trinajstić information content (AvgIpc) is 3.37. The van der Waals surface area contributed by atoms with Gasteiger partial charge in [-0.1, -0.05) is 59.8 Å². The number of nitrogens with zero attached hydrogens (tertiary/aromatic N) is 3. The molecule has 38 heavy (non-hydrogen) atoms. The molecule has 0 saturated heterocycles. The molecule has 0 fully saturated rings. The zero-order valence-corrected chi connectivity index (χ0v) is 22.5. The molecule has 1 aromatic heterocycles. The summed E-state index contributed by atoms with van der Waals surface area (Å²) >= 11 is 1.60. The molecule has 5 rings (SSSR count). The lowest BCUT2D eigenvalue weighted by molar-refractivity contribution is 0.414. The number of methoxy groups -OCH3 is 1. The van der Waals surface area contributed by atoms with Gasteiger partial charge in [0.2, 0.25) is 0 Å². The second kappa shape index (κ2) is 11.1. The number of aromatic nitrogens is 3. The molecule has 9 heteroatoms. The molecule has 0 unspecified atom stereocenters. The second-order valence-corrected chi connectivity index (χ2v) is 11.2. The SMILES string of the molecule is COc1ccc(-n2c(SCc3ccccc3)nnc2-c2ccc(NS(=O)(=O)c3ccc(C)cc3)cc2)cc1. The molecule has 0 saturated carbocycles. The summed E-state index contributed by atoms with van der Waals surface area (Å²) in [6.07, 6.45) is 0. The highest BCUT2D eigenvalue weighted by Crippen LogP contribution is 2.31. The Morgan fingerprint density at radius 3 is 2.18 bits per heavy atom. The smallest absolute Gasteiger partial charge is 0.261 e. The van der Waals surface area contributed by atoms with Gasteiger partial charge in [-0.05, 0) is 73.2 Å². The van der Waals surface area contributed by atoms with E-state index in [1.165, 1.54) is 5.56 Å². The summed E-state index contributed by atoms with van der Waals surface area (Å²) in [5.74, 6) is 2.15. The molecule has 0 amide bonds. The van der Waals surface area contributed by atoms with E-state index in [1.54, 1.807) is 55.3 Å². The Hall–Kier alpha value is -4.08. The fraction of sp³-hybridized carbons (Fsp3) is 0.103. The minimum Gasteiger partial charge on any atom is -0.497 e. The predicted octanol–water partition coefficient (Wildman–Crippen LogP) is 6.34. The third-order valence-electron chi connectivity index (χ3n) is 5.90. The number of nitrogens with one attached hydrogen (secondary N) is 1. The van der Waals surface area contributed by atoms with Gasteiger partial charge in [-0.15, -0.1) is 10.2 Å². The summed E-state index contributed by atoms with van der Waals surface area (Å²) in [5.41, 5.74) is 4.34. The molecular weight excluding hydrogens is 516 g/mol. The minimum atomic E-state index is -3.69. The lowest BCUT2D eigenvalue weighted by Crippen LogP contribution is -2.12. The molecule has 192 valence electrons. The molecule has 7 nitrogen and oxygen atoms in total. The first-order valence-electron chi connectivity index (χ1n) is 11.9. The Balaban J connectivity index is 1.44. The minimum absolute atomic E-state index is 0.214. The maximum atomic E-state index is 12.8. The van der Waals surface area contributed by atoms with Crippen LogP contribution in [0.4, 0.5) is 5.69 Å². The first kappa shape index (κ1) is 25.6. The highest BCUT2D eigenvalue weighted by Gasteiger charge is 2.18. The number of aryl methyl sites for hydroxylation is 1. The largest absolute Gasteiger partial charge is 0.497 e. The zero-order chi connectivity index (χ0) is 26.5. The topological polar surface area (TPSA) is 86.1 Å². The Morgan fingerprint density at radius 2 is 1.53 bits per heavy atom. The van der Waals surface area contributed by atoms with Gasteiger partial charge < -0.3 is 4.74 Å². The summed E-state index contributed by atoms with van der Waals surface area (Å²) in [7, 11) is -2.06. The summed E-state index contributed by atoms with van der Waals surface area (Å²) in [6.45, 7) is 1.92. The van der Waals surface area contributed by atoms with Crippen molar-refractivity contribution in [2.45, 2.75) is 22.7 Å². The normalized spacial score (nSPS) is 11.3. The van der Waals surface area contributed by atoms with Crippen LogP contribution in [0.1, 0.15) is 11.1 Å². The third kappa shape index (κ3) is 5.74. The Kier molecular flexibility index (Phi) is 7.48. The molecular formula is C29H26N4O3S2. The van der Waals surface area contributed by atoms with Crippen LogP contribution in [-0.2, 0) is 15.8 Å². The van der Waals surface area contributed by atoms with Crippen LogP contribution in [0.3, 0.4) is 0 Å². The van der Waals surface area contributed by atoms with Gasteiger partial charge in [0, 0.05) is 22.7 Å². The Morgan fingerprint density at radius 1 is 0.842 bits per heavy atom. The molecule has 0 spiro atoms. The van der Waals surface area contributed by atoms with E-state index < -0.39 is 10.0 Å². The van der Waals surface area contributed by atoms with Gasteiger partial charge in [0.25, 0.3) is 10.0 Å². The van der Waals surface area contributed by atoms with Crippen LogP contribution >= 0.6 is 11.8 Å². The molecule has 0 aliphatic rings. The molecule has 0 radical (unpaired) electrons. The van der Waals surface area contributed by atoms with Gasteiger partial charge in [0.1, 0.15) is 5.75 Å². The van der Waals surface area contributed by atoms with Gasteiger partial charge in [-0.2, -0.15) is 0 Å². The van der Waals surface area contributed by atoms with Gasteiger partial charge >= 0.3 is 0 Å². The van der Waals surface area contributed by atoms with Crippen LogP contribution < -0.4 is 9.46 Å². The number of thioether (sulfide) groups is 1. The van der Waals surface area contributed by atoms with E-state index in [1.807, 2.05) is 66.1 Å². The van der Waals surface area contributed by atoms with Crippen molar-refractivity contribution in [2.75, 3.05) is 11.8 Å². The van der Waals surface area contributed by atoms with Gasteiger partial charge in [0.15, 0.2) is 11.0 Å². The molecule has 0 aliphatic carbocycles. The van der Waals surface area contributed by atoms with E-state index >= 15 is 0 Å². The lowest BCUT2D eigenvalue weighted by Gasteiger charge is -2.12. The Bertz CT molecular complexity index is 1620. The maximum Gasteiger partial charge on any atom is 0.261 e. The molecule has 0 aliphatic heterocycles. The number of rotatable bonds is 9. The number of sulfonamides is 1. The molecule has 4 aromatic carbocycles. The molecule has 0 atom stereocenters. The van der Waals surface area contributed by atoms with Gasteiger partial charge in [0.05, 0.1) is 12.0 Å². The highest BCUT2D eigenvalue weighted by atomic mass is 32.2. The highest BCUT2D eigenvalue weighted by molar-refractivity contribution is 7.98. The predicted molar refractivity (Wildman–Crippen MR) is 151 cm³/mol. The first-order chi connectivity index (χ1) is 18.4. The standard InChI is InChI=1S/C29H26N4O3S2/c1-21-8-18-27(19-9-21)38(34,35)32-24-12-10-23(11-13-24)28-30-31-29(37-20-22-6-4-3-5-7-22)33(28)25-14-16-26(36-2)17-15-25/h3-19,32H,20H2,1-2H3. The van der Waals surface area contributed by atoms with Crippen molar-refractivity contribution in [1.29, 1.82) is 0 Å². The summed E-state index contributed by atoms with van der Waals surface area (Å²) in [6, 6.07) is 31.8. The van der Waals surface area contributed by atoms with E-state index in [4.69, 9.17) is 4.74 Å². The quantitative estimate of drug-likeness (QED) is 0.219. The van der Waals surface area contributed by atoms with Crippen molar-refractivity contribution in [1.82, 2.24) is 14.8 Å². The number of hydrogen-bond donors (Lipinski definition) is 1. The summed E-state index contributed by atoms with van der Waals surface area (Å²) in [5, 5.41) is 9.74. The van der Waals surface area contributed by atoms with E-state index in [0.717, 1.165) is 33.5 Å². The number of benzene rings is 4. The van der Waals surface area contributed by atoms with Crippen LogP contribution in [-0.4, -0.2) is 30.3 Å². The first-order valence-corrected chi connectivity index (χ1v) is 14.4. The second-order valence-electron chi connectivity index (χ2n) is 8.61. The fourth-order valence-electron chi connectivity index (χ4n) is 3.86. The van der Waals surface area contributed by atoms with Crippen molar-refractivity contribution in [3.63, 3.8) is 0 Å². The number of hydrogen-bond acceptors (Lipinski definition) is 6. The van der Waals surface area contributed by atoms with E-state index in [0.29, 0.717) is 11.5 Å². The summed E-state index contributed by atoms with van der Waals surface area (Å²) < 4.78 is 35.6. The van der Waals surface area contributed by atoms with E-state index in [2.05, 4.69) is 27.1 Å². The monoisotopic (exact) mass is 542 g/mol. The van der Waals surface area contributed by atoms with E-state index in [-0.39, 0.29) is 4.90 Å². The van der Waals surface area contributed by atoms with Crippen LogP contribution in [0.25, 0.3) is 17.1 Å². The van der Waals surface area contributed by atoms with Crippen molar-refractivity contribution in [3.05, 3.63) is 114 Å². The van der Waals surface area contributed by atoms with E-state index in [9.17, 15) is 8.42 Å². The zero-order valence-electron chi connectivity index (χ0n) is 20.9. The van der Waals surface area contributed by atoms with Crippen LogP contribution in [0.15, 0.2) is 113 Å². The molecule has 1 N–H and O–H groups in total. The number of ether oxygens (including phenoxy) is 1. The lowest BCUT2D eigenvalue weighted by atomic mass is 10.2. The average molecular weight is 543 g/mol. The molecule has 5 aromatic rings. The van der Waals surface area contributed by atoms with Crippen molar-refractivity contribution >= 4 is 27.5 Å². The van der Waals surface area contributed by atoms with Crippen molar-refractivity contribution in [2.24, 2.45) is 0 Å². The Labute approximate surface area is 226 Å². The van der Waals surface area contributed by atoms with Gasteiger partial charge in [-0.25, -0.2) is 8.42 Å². The number of anilines is 1. The third-order valence-corrected chi connectivity index (χ3v) is 8.30. The summed E-state index contributed by atoms with van der Waals surface area (Å²) in [4.78, 5) is 0.214. The van der Waals surface area contributed by atoms with Gasteiger partial charge in [-0.3, -0.25) is 9.29 Å². The van der Waals surface area contributed by atoms with Crippen molar-refractivity contribution in [3.8, 4) is 22.8 Å². The fourth-order valence-corrected chi connectivity index (χ4v) is 5.82. The van der Waals surface area contributed by atoms with Crippen molar-refractivity contribution < 1.29 is 13.2 Å². The molecule has 0 bridgehead atoms. The van der Waals surface area contributed by atoms with Crippen LogP contribution in [0, 0.1) is 6.92 Å². The van der Waals surface area contributed by atoms with Crippen LogP contribution in [0.5, 0.6) is 5.75 Å². The molecule has 1 heterocycles. The van der Waals surface area contributed by atoms with Crippen LogP contribution in [0.2, 0.25) is 0 Å². The maximum absolute atomic E-state index is 12.8.